The minimum atomic E-state index is -0.481. The van der Waals surface area contributed by atoms with Crippen LogP contribution in [0.5, 0.6) is 0 Å². The van der Waals surface area contributed by atoms with Crippen LogP contribution < -0.4 is 0 Å². The first kappa shape index (κ1) is 30.1. The minimum absolute atomic E-state index is 0.00557. The van der Waals surface area contributed by atoms with Crippen LogP contribution in [0.1, 0.15) is 6.85 Å². The molecule has 0 spiro atoms. The van der Waals surface area contributed by atoms with Crippen molar-refractivity contribution < 1.29 is 6.85 Å². The van der Waals surface area contributed by atoms with E-state index in [1.54, 1.807) is 11.3 Å². The molecule has 0 saturated carbocycles. The highest BCUT2D eigenvalue weighted by Gasteiger charge is 2.22. The lowest BCUT2D eigenvalue weighted by molar-refractivity contribution is 1.07. The molecule has 13 rings (SSSR count). The van der Waals surface area contributed by atoms with Gasteiger partial charge in [0.15, 0.2) is 17.5 Å². The molecule has 0 fully saturated rings. The highest BCUT2D eigenvalue weighted by atomic mass is 32.1. The second-order valence-electron chi connectivity index (χ2n) is 15.5. The quantitative estimate of drug-likeness (QED) is 0.163. The number of nitrogens with zero attached hydrogens (tertiary/aromatic N) is 4. The third-order valence-electron chi connectivity index (χ3n) is 12.1. The molecule has 0 bridgehead atoms. The molecule has 13 aromatic rings. The highest BCUT2D eigenvalue weighted by molar-refractivity contribution is 7.26. The minimum Gasteiger partial charge on any atom is -0.309 e. The van der Waals surface area contributed by atoms with Crippen molar-refractivity contribution in [2.45, 2.75) is 0 Å². The fourth-order valence-electron chi connectivity index (χ4n) is 9.37. The summed E-state index contributed by atoms with van der Waals surface area (Å²) in [6.07, 6.45) is 0. The fraction of sp³-hybridized carbons (Fsp3) is 0. The molecule has 0 N–H and O–H groups in total. The maximum absolute atomic E-state index is 8.98. The topological polar surface area (TPSA) is 43.6 Å². The molecule has 0 radical (unpaired) electrons. The molecule has 3 aromatic heterocycles. The molecule has 3 heterocycles. The van der Waals surface area contributed by atoms with Gasteiger partial charge in [-0.25, -0.2) is 15.0 Å². The first-order chi connectivity index (χ1) is 32.8. The van der Waals surface area contributed by atoms with E-state index in [0.717, 1.165) is 64.4 Å². The molecule has 288 valence electrons. The van der Waals surface area contributed by atoms with E-state index in [1.807, 2.05) is 30.3 Å². The van der Waals surface area contributed by atoms with Crippen LogP contribution in [0.25, 0.3) is 125 Å². The van der Waals surface area contributed by atoms with E-state index in [4.69, 9.17) is 21.8 Å². The monoisotopic (exact) mass is 811 g/mol. The zero-order valence-electron chi connectivity index (χ0n) is 37.9. The Morgan fingerprint density at radius 2 is 0.887 bits per heavy atom. The summed E-state index contributed by atoms with van der Waals surface area (Å²) in [6.45, 7) is 0. The van der Waals surface area contributed by atoms with Crippen LogP contribution in [0, 0.1) is 0 Å². The van der Waals surface area contributed by atoms with Crippen molar-refractivity contribution in [3.63, 3.8) is 0 Å². The summed E-state index contributed by atoms with van der Waals surface area (Å²) < 4.78 is 47.7. The highest BCUT2D eigenvalue weighted by Crippen LogP contribution is 2.47. The summed E-state index contributed by atoms with van der Waals surface area (Å²) in [6, 6.07) is 59.2. The lowest BCUT2D eigenvalue weighted by Crippen LogP contribution is -2.01. The molecule has 0 unspecified atom stereocenters. The van der Waals surface area contributed by atoms with Crippen LogP contribution in [-0.2, 0) is 0 Å². The van der Waals surface area contributed by atoms with E-state index >= 15 is 0 Å². The summed E-state index contributed by atoms with van der Waals surface area (Å²) in [5.74, 6) is 0.634. The van der Waals surface area contributed by atoms with Gasteiger partial charge in [-0.05, 0) is 73.8 Å². The van der Waals surface area contributed by atoms with Crippen molar-refractivity contribution in [1.82, 2.24) is 19.5 Å². The molecule has 0 aliphatic heterocycles. The molecular weight excluding hydrogens is 773 g/mol. The second-order valence-corrected chi connectivity index (χ2v) is 16.6. The maximum atomic E-state index is 8.98. The molecule has 0 aliphatic carbocycles. The number of rotatable bonds is 5. The van der Waals surface area contributed by atoms with E-state index in [9.17, 15) is 0 Å². The van der Waals surface area contributed by atoms with Gasteiger partial charge >= 0.3 is 0 Å². The molecule has 0 aliphatic rings. The molecule has 0 atom stereocenters. The number of thiophene rings is 1. The van der Waals surface area contributed by atoms with Gasteiger partial charge in [-0.2, -0.15) is 0 Å². The van der Waals surface area contributed by atoms with Gasteiger partial charge < -0.3 is 4.57 Å². The standard InChI is InChI=1S/C57H34N4S/c1-3-16-35(17-4-1)55-58-56(36-18-5-2-6-19-36)60-57(59-55)50-34-38(61-51-28-13-11-24-45(51)46-25-12-14-29-52(46)61)33-49-47-27-15-26-39(53(47)62-54(49)50)37-30-31-44-42-22-8-7-20-40(42)41-21-9-10-23-43(41)48(44)32-37/h1-34H/i1D,3D,4D,16D,17D. The van der Waals surface area contributed by atoms with Crippen molar-refractivity contribution >= 4 is 85.6 Å². The summed E-state index contributed by atoms with van der Waals surface area (Å²) in [5.41, 5.74) is 6.54. The van der Waals surface area contributed by atoms with Gasteiger partial charge in [0, 0.05) is 53.3 Å². The number of benzene rings is 10. The largest absolute Gasteiger partial charge is 0.309 e. The van der Waals surface area contributed by atoms with Crippen molar-refractivity contribution in [2.75, 3.05) is 0 Å². The predicted molar refractivity (Wildman–Crippen MR) is 261 cm³/mol. The first-order valence-electron chi connectivity index (χ1n) is 23.0. The number of hydrogen-bond donors (Lipinski definition) is 0. The van der Waals surface area contributed by atoms with E-state index < -0.39 is 18.1 Å². The lowest BCUT2D eigenvalue weighted by atomic mass is 9.92. The van der Waals surface area contributed by atoms with Crippen LogP contribution in [0.15, 0.2) is 206 Å². The molecule has 10 aromatic carbocycles. The lowest BCUT2D eigenvalue weighted by Gasteiger charge is -2.13. The van der Waals surface area contributed by atoms with E-state index in [2.05, 4.69) is 150 Å². The summed E-state index contributed by atoms with van der Waals surface area (Å²) in [7, 11) is 0. The molecular formula is C57H34N4S. The summed E-state index contributed by atoms with van der Waals surface area (Å²) in [4.78, 5) is 15.1. The normalized spacial score (nSPS) is 13.0. The summed E-state index contributed by atoms with van der Waals surface area (Å²) in [5, 5.41) is 11.6. The molecule has 0 amide bonds. The van der Waals surface area contributed by atoms with Crippen LogP contribution in [0.2, 0.25) is 0 Å². The number of fused-ring (bicyclic) bond motifs is 12. The van der Waals surface area contributed by atoms with Gasteiger partial charge in [-0.3, -0.25) is 0 Å². The Balaban J connectivity index is 1.13. The van der Waals surface area contributed by atoms with Gasteiger partial charge in [-0.15, -0.1) is 11.3 Å². The van der Waals surface area contributed by atoms with Crippen LogP contribution in [-0.4, -0.2) is 19.5 Å². The third-order valence-corrected chi connectivity index (χ3v) is 13.4. The SMILES string of the molecule is [2H]c1c([2H])c([2H])c(-c2nc(-c3ccccc3)nc(-c3cc(-n4c5ccccc5c5ccccc54)cc4c3sc3c(-c5ccc6c7ccccc7c7ccccc7c6c5)cccc34)n2)c([2H])c1[2H]. The molecule has 62 heavy (non-hydrogen) atoms. The van der Waals surface area contributed by atoms with Crippen LogP contribution >= 0.6 is 11.3 Å². The van der Waals surface area contributed by atoms with Crippen molar-refractivity contribution in [2.24, 2.45) is 0 Å². The maximum Gasteiger partial charge on any atom is 0.165 e. The van der Waals surface area contributed by atoms with Gasteiger partial charge in [0.2, 0.25) is 0 Å². The molecule has 4 nitrogen and oxygen atoms in total. The average molecular weight is 812 g/mol. The van der Waals surface area contributed by atoms with E-state index in [0.29, 0.717) is 17.2 Å². The van der Waals surface area contributed by atoms with Crippen molar-refractivity contribution in [3.05, 3.63) is 206 Å². The van der Waals surface area contributed by atoms with Gasteiger partial charge in [0.1, 0.15) is 0 Å². The Labute approximate surface area is 367 Å². The Morgan fingerprint density at radius 1 is 0.355 bits per heavy atom. The number of hydrogen-bond acceptors (Lipinski definition) is 4. The van der Waals surface area contributed by atoms with Crippen molar-refractivity contribution in [1.29, 1.82) is 0 Å². The van der Waals surface area contributed by atoms with Crippen LogP contribution in [0.4, 0.5) is 0 Å². The fourth-order valence-corrected chi connectivity index (χ4v) is 10.7. The number of aromatic nitrogens is 4. The molecule has 5 heteroatoms. The zero-order chi connectivity index (χ0) is 45.1. The molecule has 0 saturated heterocycles. The second kappa shape index (κ2) is 13.8. The van der Waals surface area contributed by atoms with Crippen LogP contribution in [0.3, 0.4) is 0 Å². The Hall–Kier alpha value is -7.99. The predicted octanol–water partition coefficient (Wildman–Crippen LogP) is 15.5. The zero-order valence-corrected chi connectivity index (χ0v) is 33.8. The first-order valence-corrected chi connectivity index (χ1v) is 21.3. The van der Waals surface area contributed by atoms with Gasteiger partial charge in [-0.1, -0.05) is 176 Å². The van der Waals surface area contributed by atoms with Gasteiger partial charge in [0.25, 0.3) is 0 Å². The Morgan fingerprint density at radius 3 is 1.56 bits per heavy atom. The smallest absolute Gasteiger partial charge is 0.165 e. The summed E-state index contributed by atoms with van der Waals surface area (Å²) >= 11 is 1.68. The van der Waals surface area contributed by atoms with E-state index in [1.165, 1.54) is 32.3 Å². The van der Waals surface area contributed by atoms with E-state index in [-0.39, 0.29) is 23.5 Å². The van der Waals surface area contributed by atoms with Gasteiger partial charge in [0.05, 0.1) is 17.9 Å². The average Bonchev–Trinajstić information content (AvgIpc) is 3.93. The number of para-hydroxylation sites is 2. The van der Waals surface area contributed by atoms with Crippen molar-refractivity contribution in [3.8, 4) is 51.0 Å². The third kappa shape index (κ3) is 5.35. The Kier molecular flexibility index (Phi) is 6.69. The Bertz CT molecular complexity index is 4120.